The van der Waals surface area contributed by atoms with E-state index in [9.17, 15) is 9.90 Å². The van der Waals surface area contributed by atoms with Gasteiger partial charge in [-0.15, -0.1) is 0 Å². The van der Waals surface area contributed by atoms with Crippen LogP contribution in [-0.4, -0.2) is 56.6 Å². The number of ether oxygens (including phenoxy) is 3. The van der Waals surface area contributed by atoms with Crippen LogP contribution in [0.5, 0.6) is 11.5 Å². The van der Waals surface area contributed by atoms with E-state index < -0.39 is 12.1 Å². The lowest BCUT2D eigenvalue weighted by Crippen LogP contribution is -2.45. The zero-order chi connectivity index (χ0) is 28.1. The molecule has 0 spiro atoms. The highest BCUT2D eigenvalue weighted by Gasteiger charge is 2.31. The molecule has 0 radical (unpaired) electrons. The minimum atomic E-state index is -0.726. The lowest BCUT2D eigenvalue weighted by Gasteiger charge is -2.31. The van der Waals surface area contributed by atoms with Gasteiger partial charge in [0.15, 0.2) is 11.5 Å². The van der Waals surface area contributed by atoms with Crippen molar-refractivity contribution < 1.29 is 24.1 Å². The van der Waals surface area contributed by atoms with Gasteiger partial charge in [0, 0.05) is 38.1 Å². The normalized spacial score (nSPS) is 17.7. The highest BCUT2D eigenvalue weighted by molar-refractivity contribution is 5.79. The van der Waals surface area contributed by atoms with Gasteiger partial charge in [-0.05, 0) is 67.6 Å². The standard InChI is InChI=1S/C31H54N2O5/c1-21(2)24(17-23-13-14-29(37-6)30(18-23)38-16-10-15-36-5)19-27(32)28(34)20-26(22(3)4)31(35)33-25-11-8-7-9-12-25/h13-14,18,21-22,24-28,34H,7-12,15-17,19-20,32H2,1-6H3,(H,33,35)/t24-,26-,27-,28-/m0/s1. The summed E-state index contributed by atoms with van der Waals surface area (Å²) < 4.78 is 16.6. The zero-order valence-electron chi connectivity index (χ0n) is 24.7. The second-order valence-electron chi connectivity index (χ2n) is 11.8. The highest BCUT2D eigenvalue weighted by Crippen LogP contribution is 2.32. The number of hydrogen-bond acceptors (Lipinski definition) is 6. The predicted molar refractivity (Wildman–Crippen MR) is 154 cm³/mol. The molecule has 1 fully saturated rings. The molecule has 1 aromatic rings. The molecule has 0 saturated heterocycles. The quantitative estimate of drug-likeness (QED) is 0.240. The predicted octanol–water partition coefficient (Wildman–Crippen LogP) is 5.11. The van der Waals surface area contributed by atoms with Gasteiger partial charge in [-0.2, -0.15) is 0 Å². The number of nitrogens with one attached hydrogen (secondary N) is 1. The summed E-state index contributed by atoms with van der Waals surface area (Å²) in [6.45, 7) is 9.72. The fourth-order valence-electron chi connectivity index (χ4n) is 5.42. The Labute approximate surface area is 231 Å². The Morgan fingerprint density at radius 2 is 1.74 bits per heavy atom. The molecule has 7 heteroatoms. The maximum Gasteiger partial charge on any atom is 0.223 e. The Balaban J connectivity index is 2.00. The molecule has 0 bridgehead atoms. The molecule has 4 N–H and O–H groups in total. The number of benzene rings is 1. The Hall–Kier alpha value is -1.83. The van der Waals surface area contributed by atoms with Crippen LogP contribution >= 0.6 is 0 Å². The van der Waals surface area contributed by atoms with E-state index in [1.54, 1.807) is 14.2 Å². The molecule has 1 aromatic carbocycles. The first-order valence-electron chi connectivity index (χ1n) is 14.7. The molecule has 218 valence electrons. The van der Waals surface area contributed by atoms with Crippen LogP contribution in [0, 0.1) is 23.7 Å². The van der Waals surface area contributed by atoms with E-state index in [1.165, 1.54) is 19.3 Å². The Bertz CT molecular complexity index is 809. The number of nitrogens with two attached hydrogens (primary N) is 1. The lowest BCUT2D eigenvalue weighted by atomic mass is 9.80. The third-order valence-electron chi connectivity index (χ3n) is 8.08. The van der Waals surface area contributed by atoms with Crippen LogP contribution in [0.4, 0.5) is 0 Å². The summed E-state index contributed by atoms with van der Waals surface area (Å²) in [6.07, 6.45) is 7.70. The number of rotatable bonds is 17. The Kier molecular flexibility index (Phi) is 14.5. The van der Waals surface area contributed by atoms with Gasteiger partial charge in [0.25, 0.3) is 0 Å². The molecular weight excluding hydrogens is 480 g/mol. The summed E-state index contributed by atoms with van der Waals surface area (Å²) >= 11 is 0. The van der Waals surface area contributed by atoms with Crippen molar-refractivity contribution in [2.75, 3.05) is 27.4 Å². The van der Waals surface area contributed by atoms with Crippen LogP contribution in [0.15, 0.2) is 18.2 Å². The van der Waals surface area contributed by atoms with E-state index in [0.29, 0.717) is 37.7 Å². The average Bonchev–Trinajstić information content (AvgIpc) is 2.89. The number of carbonyl (C=O) groups is 1. The van der Waals surface area contributed by atoms with Gasteiger partial charge >= 0.3 is 0 Å². The van der Waals surface area contributed by atoms with Crippen molar-refractivity contribution in [2.45, 2.75) is 104 Å². The number of amides is 1. The fourth-order valence-corrected chi connectivity index (χ4v) is 5.42. The second-order valence-corrected chi connectivity index (χ2v) is 11.8. The highest BCUT2D eigenvalue weighted by atomic mass is 16.5. The van der Waals surface area contributed by atoms with E-state index in [4.69, 9.17) is 19.9 Å². The third kappa shape index (κ3) is 10.7. The molecule has 7 nitrogen and oxygen atoms in total. The summed E-state index contributed by atoms with van der Waals surface area (Å²) in [4.78, 5) is 13.1. The molecule has 0 heterocycles. The van der Waals surface area contributed by atoms with Crippen molar-refractivity contribution >= 4 is 5.91 Å². The number of aliphatic hydroxyl groups is 1. The topological polar surface area (TPSA) is 103 Å². The van der Waals surface area contributed by atoms with Crippen LogP contribution in [0.1, 0.15) is 84.6 Å². The van der Waals surface area contributed by atoms with Gasteiger partial charge in [-0.25, -0.2) is 0 Å². The zero-order valence-corrected chi connectivity index (χ0v) is 24.7. The summed E-state index contributed by atoms with van der Waals surface area (Å²) in [5.41, 5.74) is 7.73. The number of methoxy groups -OCH3 is 2. The summed E-state index contributed by atoms with van der Waals surface area (Å²) in [6, 6.07) is 5.95. The van der Waals surface area contributed by atoms with Gasteiger partial charge in [0.05, 0.1) is 19.8 Å². The maximum atomic E-state index is 13.1. The van der Waals surface area contributed by atoms with Gasteiger partial charge in [0.2, 0.25) is 5.91 Å². The summed E-state index contributed by atoms with van der Waals surface area (Å²) in [5, 5.41) is 14.3. The van der Waals surface area contributed by atoms with E-state index in [-0.39, 0.29) is 29.7 Å². The molecule has 0 aliphatic heterocycles. The van der Waals surface area contributed by atoms with Crippen molar-refractivity contribution in [3.63, 3.8) is 0 Å². The molecule has 2 rings (SSSR count). The van der Waals surface area contributed by atoms with Crippen molar-refractivity contribution in [3.05, 3.63) is 23.8 Å². The van der Waals surface area contributed by atoms with Crippen molar-refractivity contribution in [3.8, 4) is 11.5 Å². The second kappa shape index (κ2) is 17.0. The first kappa shape index (κ1) is 32.4. The molecule has 1 aliphatic carbocycles. The minimum absolute atomic E-state index is 0.0646. The minimum Gasteiger partial charge on any atom is -0.493 e. The van der Waals surface area contributed by atoms with E-state index in [1.807, 2.05) is 12.1 Å². The molecule has 0 unspecified atom stereocenters. The SMILES string of the molecule is COCCCOc1cc(C[C@@H](C[C@H](N)[C@@H](O)C[C@H](C(=O)NC2CCCCC2)C(C)C)C(C)C)ccc1OC. The molecule has 38 heavy (non-hydrogen) atoms. The van der Waals surface area contributed by atoms with E-state index in [0.717, 1.165) is 37.0 Å². The Morgan fingerprint density at radius 3 is 2.34 bits per heavy atom. The monoisotopic (exact) mass is 534 g/mol. The molecule has 4 atom stereocenters. The number of aliphatic hydroxyl groups excluding tert-OH is 1. The van der Waals surface area contributed by atoms with Crippen molar-refractivity contribution in [2.24, 2.45) is 29.4 Å². The number of hydrogen-bond donors (Lipinski definition) is 3. The van der Waals surface area contributed by atoms with Gasteiger partial charge in [0.1, 0.15) is 0 Å². The molecule has 1 aliphatic rings. The summed E-state index contributed by atoms with van der Waals surface area (Å²) in [5.74, 6) is 2.08. The Morgan fingerprint density at radius 1 is 1.03 bits per heavy atom. The summed E-state index contributed by atoms with van der Waals surface area (Å²) in [7, 11) is 3.33. The lowest BCUT2D eigenvalue weighted by molar-refractivity contribution is -0.128. The van der Waals surface area contributed by atoms with Gasteiger partial charge in [-0.3, -0.25) is 4.79 Å². The van der Waals surface area contributed by atoms with E-state index in [2.05, 4.69) is 39.1 Å². The van der Waals surface area contributed by atoms with Crippen LogP contribution < -0.4 is 20.5 Å². The van der Waals surface area contributed by atoms with Crippen LogP contribution in [0.2, 0.25) is 0 Å². The van der Waals surface area contributed by atoms with Crippen LogP contribution in [-0.2, 0) is 16.0 Å². The molecule has 1 saturated carbocycles. The first-order valence-corrected chi connectivity index (χ1v) is 14.7. The maximum absolute atomic E-state index is 13.1. The average molecular weight is 535 g/mol. The first-order chi connectivity index (χ1) is 18.2. The van der Waals surface area contributed by atoms with Crippen molar-refractivity contribution in [1.29, 1.82) is 0 Å². The van der Waals surface area contributed by atoms with Crippen molar-refractivity contribution in [1.82, 2.24) is 5.32 Å². The van der Waals surface area contributed by atoms with Gasteiger partial charge in [-0.1, -0.05) is 53.0 Å². The van der Waals surface area contributed by atoms with Crippen LogP contribution in [0.25, 0.3) is 0 Å². The molecular formula is C31H54N2O5. The largest absolute Gasteiger partial charge is 0.493 e. The van der Waals surface area contributed by atoms with E-state index >= 15 is 0 Å². The number of carbonyl (C=O) groups excluding carboxylic acids is 1. The third-order valence-corrected chi connectivity index (χ3v) is 8.08. The smallest absolute Gasteiger partial charge is 0.223 e. The molecule has 0 aromatic heterocycles. The van der Waals surface area contributed by atoms with Gasteiger partial charge < -0.3 is 30.4 Å². The molecule has 1 amide bonds. The van der Waals surface area contributed by atoms with Crippen LogP contribution in [0.3, 0.4) is 0 Å². The fraction of sp³-hybridized carbons (Fsp3) is 0.774.